The van der Waals surface area contributed by atoms with Gasteiger partial charge in [0.25, 0.3) is 5.91 Å². The molecule has 6 nitrogen and oxygen atoms in total. The summed E-state index contributed by atoms with van der Waals surface area (Å²) in [5, 5.41) is 9.80. The summed E-state index contributed by atoms with van der Waals surface area (Å²) in [6, 6.07) is 9.19. The number of nitriles is 1. The fourth-order valence-electron chi connectivity index (χ4n) is 2.70. The summed E-state index contributed by atoms with van der Waals surface area (Å²) in [6.45, 7) is 0.663. The molecule has 1 amide bonds. The molecule has 0 fully saturated rings. The number of nitrogens with one attached hydrogen (secondary N) is 1. The van der Waals surface area contributed by atoms with Crippen molar-refractivity contribution in [2.24, 2.45) is 0 Å². The number of nitrogens with zero attached hydrogens (tertiary/aromatic N) is 2. The highest BCUT2D eigenvalue weighted by Gasteiger charge is 2.14. The zero-order chi connectivity index (χ0) is 18.2. The number of carbonyl (C=O) groups excluding carboxylic acids is 2. The molecule has 132 valence electrons. The van der Waals surface area contributed by atoms with Gasteiger partial charge in [0.05, 0.1) is 18.7 Å². The van der Waals surface area contributed by atoms with Crippen molar-refractivity contribution in [3.63, 3.8) is 0 Å². The normalized spacial score (nSPS) is 10.4. The van der Waals surface area contributed by atoms with Crippen LogP contribution in [-0.2, 0) is 9.53 Å². The van der Waals surface area contributed by atoms with Gasteiger partial charge in [0, 0.05) is 30.9 Å². The van der Waals surface area contributed by atoms with Crippen molar-refractivity contribution in [2.75, 3.05) is 20.7 Å². The highest BCUT2D eigenvalue weighted by atomic mass is 16.5. The van der Waals surface area contributed by atoms with Gasteiger partial charge in [-0.2, -0.15) is 5.26 Å². The van der Waals surface area contributed by atoms with Gasteiger partial charge in [-0.1, -0.05) is 12.8 Å². The molecule has 1 heterocycles. The fraction of sp³-hybridized carbons (Fsp3) is 0.421. The van der Waals surface area contributed by atoms with Crippen LogP contribution in [-0.4, -0.2) is 42.5 Å². The van der Waals surface area contributed by atoms with Crippen molar-refractivity contribution < 1.29 is 14.3 Å². The maximum Gasteiger partial charge on any atom is 0.305 e. The van der Waals surface area contributed by atoms with Gasteiger partial charge >= 0.3 is 5.97 Å². The van der Waals surface area contributed by atoms with Crippen LogP contribution in [0.25, 0.3) is 10.9 Å². The minimum Gasteiger partial charge on any atom is -0.469 e. The number of carbonyl (C=O) groups is 2. The first kappa shape index (κ1) is 18.5. The summed E-state index contributed by atoms with van der Waals surface area (Å²) >= 11 is 0. The van der Waals surface area contributed by atoms with Crippen LogP contribution in [0.1, 0.15) is 48.2 Å². The van der Waals surface area contributed by atoms with Crippen LogP contribution >= 0.6 is 0 Å². The number of methoxy groups -OCH3 is 1. The first-order valence-corrected chi connectivity index (χ1v) is 8.40. The Labute approximate surface area is 147 Å². The van der Waals surface area contributed by atoms with Gasteiger partial charge in [-0.05, 0) is 37.1 Å². The summed E-state index contributed by atoms with van der Waals surface area (Å²) in [7, 11) is 3.18. The number of H-pyrrole nitrogens is 1. The molecule has 0 saturated heterocycles. The Balaban J connectivity index is 1.82. The number of esters is 1. The zero-order valence-electron chi connectivity index (χ0n) is 14.7. The standard InChI is InChI=1S/C19H23N3O3/c1-22(10-6-4-3-5-7-18(23)25-2)19(24)17-12-15-11-14(13-20)8-9-16(15)21-17/h8-9,11-12,21H,3-7,10H2,1-2H3. The SMILES string of the molecule is COC(=O)CCCCCCN(C)C(=O)c1cc2cc(C#N)ccc2[nH]1. The van der Waals surface area contributed by atoms with Gasteiger partial charge in [-0.3, -0.25) is 9.59 Å². The molecule has 0 atom stereocenters. The topological polar surface area (TPSA) is 86.2 Å². The van der Waals surface area contributed by atoms with E-state index in [2.05, 4.69) is 15.8 Å². The molecule has 6 heteroatoms. The molecule has 1 aromatic heterocycles. The summed E-state index contributed by atoms with van der Waals surface area (Å²) in [4.78, 5) is 28.3. The number of aromatic nitrogens is 1. The lowest BCUT2D eigenvalue weighted by atomic mass is 10.1. The van der Waals surface area contributed by atoms with Crippen LogP contribution in [0.2, 0.25) is 0 Å². The van der Waals surface area contributed by atoms with Crippen molar-refractivity contribution in [2.45, 2.75) is 32.1 Å². The second kappa shape index (κ2) is 8.88. The maximum atomic E-state index is 12.5. The van der Waals surface area contributed by atoms with Gasteiger partial charge in [-0.25, -0.2) is 0 Å². The van der Waals surface area contributed by atoms with Gasteiger partial charge < -0.3 is 14.6 Å². The number of aromatic amines is 1. The van der Waals surface area contributed by atoms with Crippen molar-refractivity contribution in [1.82, 2.24) is 9.88 Å². The molecule has 2 rings (SSSR count). The Kier molecular flexibility index (Phi) is 6.58. The highest BCUT2D eigenvalue weighted by molar-refractivity contribution is 5.98. The number of amides is 1. The number of hydrogen-bond donors (Lipinski definition) is 1. The maximum absolute atomic E-state index is 12.5. The summed E-state index contributed by atoms with van der Waals surface area (Å²) in [5.74, 6) is -0.241. The minimum atomic E-state index is -0.175. The van der Waals surface area contributed by atoms with Crippen LogP contribution in [0.4, 0.5) is 0 Å². The second-order valence-electron chi connectivity index (χ2n) is 6.06. The van der Waals surface area contributed by atoms with E-state index < -0.39 is 0 Å². The summed E-state index contributed by atoms with van der Waals surface area (Å²) < 4.78 is 4.60. The van der Waals surface area contributed by atoms with Crippen molar-refractivity contribution >= 4 is 22.8 Å². The van der Waals surface area contributed by atoms with Crippen molar-refractivity contribution in [3.05, 3.63) is 35.5 Å². The zero-order valence-corrected chi connectivity index (χ0v) is 14.7. The van der Waals surface area contributed by atoms with E-state index in [4.69, 9.17) is 5.26 Å². The number of unbranched alkanes of at least 4 members (excludes halogenated alkanes) is 3. The Morgan fingerprint density at radius 2 is 1.96 bits per heavy atom. The molecule has 1 N–H and O–H groups in total. The molecular weight excluding hydrogens is 318 g/mol. The molecule has 0 radical (unpaired) electrons. The summed E-state index contributed by atoms with van der Waals surface area (Å²) in [5.41, 5.74) is 1.95. The Morgan fingerprint density at radius 1 is 1.20 bits per heavy atom. The molecular formula is C19H23N3O3. The summed E-state index contributed by atoms with van der Waals surface area (Å²) in [6.07, 6.45) is 4.06. The molecule has 0 aliphatic carbocycles. The molecule has 0 aliphatic heterocycles. The first-order chi connectivity index (χ1) is 12.0. The van der Waals surface area contributed by atoms with E-state index in [-0.39, 0.29) is 11.9 Å². The van der Waals surface area contributed by atoms with E-state index in [1.807, 2.05) is 6.07 Å². The lowest BCUT2D eigenvalue weighted by Gasteiger charge is -2.16. The minimum absolute atomic E-state index is 0.0655. The van der Waals surface area contributed by atoms with Crippen LogP contribution in [0.3, 0.4) is 0 Å². The average Bonchev–Trinajstić information content (AvgIpc) is 3.06. The number of ether oxygens (including phenoxy) is 1. The molecule has 25 heavy (non-hydrogen) atoms. The molecule has 0 aliphatic rings. The van der Waals surface area contributed by atoms with Crippen molar-refractivity contribution in [1.29, 1.82) is 5.26 Å². The highest BCUT2D eigenvalue weighted by Crippen LogP contribution is 2.18. The lowest BCUT2D eigenvalue weighted by molar-refractivity contribution is -0.140. The predicted octanol–water partition coefficient (Wildman–Crippen LogP) is 3.24. The van der Waals surface area contributed by atoms with Crippen LogP contribution in [0.5, 0.6) is 0 Å². The molecule has 0 bridgehead atoms. The largest absolute Gasteiger partial charge is 0.469 e. The third-order valence-corrected chi connectivity index (χ3v) is 4.18. The monoisotopic (exact) mass is 341 g/mol. The van der Waals surface area contributed by atoms with Gasteiger partial charge in [-0.15, -0.1) is 0 Å². The number of hydrogen-bond acceptors (Lipinski definition) is 4. The van der Waals surface area contributed by atoms with E-state index in [0.717, 1.165) is 36.6 Å². The van der Waals surface area contributed by atoms with Gasteiger partial charge in [0.1, 0.15) is 5.69 Å². The van der Waals surface area contributed by atoms with E-state index in [0.29, 0.717) is 24.2 Å². The number of benzene rings is 1. The fourth-order valence-corrected chi connectivity index (χ4v) is 2.70. The van der Waals surface area contributed by atoms with Crippen molar-refractivity contribution in [3.8, 4) is 6.07 Å². The van der Waals surface area contributed by atoms with E-state index in [1.54, 1.807) is 30.1 Å². The lowest BCUT2D eigenvalue weighted by Crippen LogP contribution is -2.27. The van der Waals surface area contributed by atoms with Crippen LogP contribution in [0, 0.1) is 11.3 Å². The Morgan fingerprint density at radius 3 is 2.68 bits per heavy atom. The Hall–Kier alpha value is -2.81. The number of rotatable bonds is 8. The molecule has 0 unspecified atom stereocenters. The predicted molar refractivity (Wildman–Crippen MR) is 95.1 cm³/mol. The first-order valence-electron chi connectivity index (χ1n) is 8.40. The molecule has 0 spiro atoms. The van der Waals surface area contributed by atoms with Gasteiger partial charge in [0.15, 0.2) is 0 Å². The Bertz CT molecular complexity index is 789. The number of fused-ring (bicyclic) bond motifs is 1. The molecule has 2 aromatic rings. The molecule has 1 aromatic carbocycles. The third-order valence-electron chi connectivity index (χ3n) is 4.18. The second-order valence-corrected chi connectivity index (χ2v) is 6.06. The van der Waals surface area contributed by atoms with E-state index >= 15 is 0 Å². The van der Waals surface area contributed by atoms with E-state index in [1.165, 1.54) is 7.11 Å². The third kappa shape index (κ3) is 5.08. The van der Waals surface area contributed by atoms with Crippen LogP contribution in [0.15, 0.2) is 24.3 Å². The van der Waals surface area contributed by atoms with E-state index in [9.17, 15) is 9.59 Å². The van der Waals surface area contributed by atoms with Crippen LogP contribution < -0.4 is 0 Å². The average molecular weight is 341 g/mol. The quantitative estimate of drug-likeness (QED) is 0.590. The molecule has 0 saturated carbocycles. The smallest absolute Gasteiger partial charge is 0.305 e. The van der Waals surface area contributed by atoms with Gasteiger partial charge in [0.2, 0.25) is 0 Å².